The van der Waals surface area contributed by atoms with Crippen molar-refractivity contribution in [1.82, 2.24) is 0 Å². The molecular formula is C8H15OSi. The van der Waals surface area contributed by atoms with Gasteiger partial charge in [-0.3, -0.25) is 0 Å². The fourth-order valence-electron chi connectivity index (χ4n) is 0.366. The molecule has 0 aromatic rings. The van der Waals surface area contributed by atoms with Crippen molar-refractivity contribution in [3.63, 3.8) is 0 Å². The van der Waals surface area contributed by atoms with E-state index in [9.17, 15) is 0 Å². The van der Waals surface area contributed by atoms with Gasteiger partial charge >= 0.3 is 0 Å². The van der Waals surface area contributed by atoms with Crippen molar-refractivity contribution >= 4 is 8.80 Å². The highest BCUT2D eigenvalue weighted by Crippen LogP contribution is 2.06. The van der Waals surface area contributed by atoms with Crippen molar-refractivity contribution in [2.24, 2.45) is 0 Å². The van der Waals surface area contributed by atoms with E-state index in [1.165, 1.54) is 0 Å². The minimum Gasteiger partial charge on any atom is -0.367 e. The SMILES string of the molecule is C#CC(C)(C)OC[Si](C)C. The van der Waals surface area contributed by atoms with Crippen LogP contribution >= 0.6 is 0 Å². The predicted octanol–water partition coefficient (Wildman–Crippen LogP) is 1.71. The van der Waals surface area contributed by atoms with Crippen LogP contribution in [0.5, 0.6) is 0 Å². The fraction of sp³-hybridized carbons (Fsp3) is 0.750. The molecule has 0 aliphatic heterocycles. The second kappa shape index (κ2) is 3.80. The van der Waals surface area contributed by atoms with Gasteiger partial charge in [-0.2, -0.15) is 0 Å². The van der Waals surface area contributed by atoms with Crippen LogP contribution in [-0.4, -0.2) is 20.6 Å². The van der Waals surface area contributed by atoms with Gasteiger partial charge in [0.05, 0.1) is 8.80 Å². The van der Waals surface area contributed by atoms with Gasteiger partial charge in [0, 0.05) is 6.23 Å². The van der Waals surface area contributed by atoms with Gasteiger partial charge in [-0.25, -0.2) is 0 Å². The number of ether oxygens (including phenoxy) is 1. The molecule has 0 aliphatic rings. The molecule has 0 aromatic heterocycles. The largest absolute Gasteiger partial charge is 0.367 e. The Kier molecular flexibility index (Phi) is 3.70. The predicted molar refractivity (Wildman–Crippen MR) is 46.3 cm³/mol. The van der Waals surface area contributed by atoms with E-state index in [4.69, 9.17) is 11.2 Å². The molecule has 1 radical (unpaired) electrons. The monoisotopic (exact) mass is 155 g/mol. The molecule has 0 aromatic carbocycles. The van der Waals surface area contributed by atoms with E-state index in [0.29, 0.717) is 0 Å². The number of terminal acetylenes is 1. The number of hydrogen-bond donors (Lipinski definition) is 0. The highest BCUT2D eigenvalue weighted by Gasteiger charge is 2.14. The molecule has 0 amide bonds. The lowest BCUT2D eigenvalue weighted by Crippen LogP contribution is -2.26. The smallest absolute Gasteiger partial charge is 0.122 e. The Balaban J connectivity index is 3.60. The molecule has 0 bridgehead atoms. The molecule has 57 valence electrons. The third kappa shape index (κ3) is 4.60. The summed E-state index contributed by atoms with van der Waals surface area (Å²) in [5.41, 5.74) is -0.373. The minimum absolute atomic E-state index is 0.295. The average molecular weight is 155 g/mol. The summed E-state index contributed by atoms with van der Waals surface area (Å²) in [4.78, 5) is 0. The van der Waals surface area contributed by atoms with Gasteiger partial charge in [0.15, 0.2) is 0 Å². The summed E-state index contributed by atoms with van der Waals surface area (Å²) in [6, 6.07) is 0. The van der Waals surface area contributed by atoms with Crippen molar-refractivity contribution in [2.75, 3.05) is 6.23 Å². The van der Waals surface area contributed by atoms with Crippen LogP contribution in [0.3, 0.4) is 0 Å². The number of rotatable bonds is 3. The van der Waals surface area contributed by atoms with Crippen LogP contribution in [0.2, 0.25) is 13.1 Å². The molecule has 0 N–H and O–H groups in total. The standard InChI is InChI=1S/C8H15OSi/c1-6-8(2,3)9-7-10(4)5/h1H,7H2,2-5H3. The van der Waals surface area contributed by atoms with Gasteiger partial charge in [0.1, 0.15) is 5.60 Å². The molecule has 0 saturated heterocycles. The van der Waals surface area contributed by atoms with Crippen LogP contribution in [0.4, 0.5) is 0 Å². The van der Waals surface area contributed by atoms with Crippen LogP contribution in [0.1, 0.15) is 13.8 Å². The van der Waals surface area contributed by atoms with Gasteiger partial charge < -0.3 is 4.74 Å². The molecule has 0 unspecified atom stereocenters. The third-order valence-electron chi connectivity index (χ3n) is 1.07. The molecule has 0 saturated carbocycles. The van der Waals surface area contributed by atoms with E-state index in [1.54, 1.807) is 0 Å². The topological polar surface area (TPSA) is 9.23 Å². The van der Waals surface area contributed by atoms with Crippen molar-refractivity contribution < 1.29 is 4.74 Å². The highest BCUT2D eigenvalue weighted by atomic mass is 28.3. The van der Waals surface area contributed by atoms with E-state index in [2.05, 4.69) is 19.0 Å². The summed E-state index contributed by atoms with van der Waals surface area (Å²) >= 11 is 0. The first-order valence-electron chi connectivity index (χ1n) is 3.39. The Bertz CT molecular complexity index is 133. The average Bonchev–Trinajstić information content (AvgIpc) is 1.85. The summed E-state index contributed by atoms with van der Waals surface area (Å²) in [5.74, 6) is 2.59. The maximum Gasteiger partial charge on any atom is 0.122 e. The summed E-state index contributed by atoms with van der Waals surface area (Å²) in [6.07, 6.45) is 6.06. The minimum atomic E-state index is -0.373. The lowest BCUT2D eigenvalue weighted by Gasteiger charge is -2.19. The van der Waals surface area contributed by atoms with Crippen LogP contribution < -0.4 is 0 Å². The molecule has 0 atom stereocenters. The van der Waals surface area contributed by atoms with Gasteiger partial charge in [-0.05, 0) is 13.8 Å². The number of hydrogen-bond acceptors (Lipinski definition) is 1. The molecule has 10 heavy (non-hydrogen) atoms. The van der Waals surface area contributed by atoms with Crippen molar-refractivity contribution in [3.8, 4) is 12.3 Å². The molecule has 0 heterocycles. The Morgan fingerprint density at radius 1 is 1.50 bits per heavy atom. The van der Waals surface area contributed by atoms with Gasteiger partial charge in [0.2, 0.25) is 0 Å². The lowest BCUT2D eigenvalue weighted by molar-refractivity contribution is 0.0567. The maximum atomic E-state index is 5.45. The van der Waals surface area contributed by atoms with Gasteiger partial charge in [-0.15, -0.1) is 6.42 Å². The van der Waals surface area contributed by atoms with Crippen molar-refractivity contribution in [2.45, 2.75) is 32.5 Å². The van der Waals surface area contributed by atoms with E-state index in [0.717, 1.165) is 6.23 Å². The van der Waals surface area contributed by atoms with Crippen LogP contribution in [0, 0.1) is 12.3 Å². The quantitative estimate of drug-likeness (QED) is 0.445. The first-order valence-corrected chi connectivity index (χ1v) is 6.09. The second-order valence-electron chi connectivity index (χ2n) is 3.15. The van der Waals surface area contributed by atoms with Crippen LogP contribution in [0.25, 0.3) is 0 Å². The molecular weight excluding hydrogens is 140 g/mol. The van der Waals surface area contributed by atoms with E-state index < -0.39 is 0 Å². The van der Waals surface area contributed by atoms with E-state index in [-0.39, 0.29) is 14.4 Å². The fourth-order valence-corrected chi connectivity index (χ4v) is 1.02. The van der Waals surface area contributed by atoms with E-state index >= 15 is 0 Å². The normalized spacial score (nSPS) is 11.6. The first-order chi connectivity index (χ1) is 4.48. The first kappa shape index (κ1) is 9.74. The lowest BCUT2D eigenvalue weighted by atomic mass is 10.2. The zero-order chi connectivity index (χ0) is 8.20. The molecule has 0 aliphatic carbocycles. The summed E-state index contributed by atoms with van der Waals surface area (Å²) in [7, 11) is -0.295. The van der Waals surface area contributed by atoms with Gasteiger partial charge in [-0.1, -0.05) is 19.0 Å². The van der Waals surface area contributed by atoms with Crippen molar-refractivity contribution in [1.29, 1.82) is 0 Å². The maximum absolute atomic E-state index is 5.45. The van der Waals surface area contributed by atoms with Crippen LogP contribution in [0.15, 0.2) is 0 Å². The zero-order valence-electron chi connectivity index (χ0n) is 7.19. The second-order valence-corrected chi connectivity index (χ2v) is 5.85. The molecule has 0 rings (SSSR count). The molecule has 2 heteroatoms. The highest BCUT2D eigenvalue weighted by molar-refractivity contribution is 6.55. The Morgan fingerprint density at radius 3 is 2.30 bits per heavy atom. The van der Waals surface area contributed by atoms with E-state index in [1.807, 2.05) is 13.8 Å². The third-order valence-corrected chi connectivity index (χ3v) is 1.79. The Hall–Kier alpha value is -0.263. The molecule has 1 nitrogen and oxygen atoms in total. The van der Waals surface area contributed by atoms with Crippen molar-refractivity contribution in [3.05, 3.63) is 0 Å². The Morgan fingerprint density at radius 2 is 2.00 bits per heavy atom. The summed E-state index contributed by atoms with van der Waals surface area (Å²) < 4.78 is 5.45. The molecule has 0 fully saturated rings. The van der Waals surface area contributed by atoms with Gasteiger partial charge in [0.25, 0.3) is 0 Å². The molecule has 0 spiro atoms. The summed E-state index contributed by atoms with van der Waals surface area (Å²) in [6.45, 7) is 8.24. The zero-order valence-corrected chi connectivity index (χ0v) is 8.19. The Labute approximate surface area is 65.4 Å². The summed E-state index contributed by atoms with van der Waals surface area (Å²) in [5, 5.41) is 0. The van der Waals surface area contributed by atoms with Crippen LogP contribution in [-0.2, 0) is 4.74 Å².